The van der Waals surface area contributed by atoms with Crippen molar-refractivity contribution in [2.45, 2.75) is 25.5 Å². The second kappa shape index (κ2) is 11.0. The predicted octanol–water partition coefficient (Wildman–Crippen LogP) is 4.70. The first-order valence-corrected chi connectivity index (χ1v) is 13.4. The van der Waals surface area contributed by atoms with E-state index in [-0.39, 0.29) is 11.3 Å². The molecule has 0 saturated carbocycles. The highest BCUT2D eigenvalue weighted by atomic mass is 35.5. The van der Waals surface area contributed by atoms with Crippen molar-refractivity contribution in [1.29, 1.82) is 10.7 Å². The van der Waals surface area contributed by atoms with Crippen LogP contribution in [0.2, 0.25) is 10.0 Å². The molecule has 3 aromatic rings. The monoisotopic (exact) mass is 565 g/mol. The van der Waals surface area contributed by atoms with Crippen molar-refractivity contribution < 1.29 is 9.47 Å². The molecular formula is C28H29Cl2N7O2. The van der Waals surface area contributed by atoms with Gasteiger partial charge >= 0.3 is 0 Å². The van der Waals surface area contributed by atoms with Gasteiger partial charge in [-0.15, -0.1) is 0 Å². The second-order valence-corrected chi connectivity index (χ2v) is 10.9. The van der Waals surface area contributed by atoms with Crippen LogP contribution in [0.3, 0.4) is 0 Å². The zero-order chi connectivity index (χ0) is 27.7. The van der Waals surface area contributed by atoms with E-state index in [1.54, 1.807) is 30.5 Å². The normalized spacial score (nSPS) is 17.7. The van der Waals surface area contributed by atoms with Crippen LogP contribution in [0.1, 0.15) is 42.2 Å². The van der Waals surface area contributed by atoms with Gasteiger partial charge in [0.05, 0.1) is 40.1 Å². The summed E-state index contributed by atoms with van der Waals surface area (Å²) in [4.78, 5) is 13.1. The van der Waals surface area contributed by atoms with E-state index in [2.05, 4.69) is 32.8 Å². The van der Waals surface area contributed by atoms with Gasteiger partial charge in [0.15, 0.2) is 0 Å². The lowest BCUT2D eigenvalue weighted by molar-refractivity contribution is -0.0266. The number of halogens is 2. The van der Waals surface area contributed by atoms with Gasteiger partial charge in [0, 0.05) is 67.1 Å². The summed E-state index contributed by atoms with van der Waals surface area (Å²) in [6.07, 6.45) is 4.18. The zero-order valence-corrected chi connectivity index (χ0v) is 23.3. The quantitative estimate of drug-likeness (QED) is 0.312. The molecule has 5 rings (SSSR count). The molecule has 0 unspecified atom stereocenters. The Labute approximate surface area is 237 Å². The number of hydrogen-bond acceptors (Lipinski definition) is 9. The largest absolute Gasteiger partial charge is 0.486 e. The molecule has 2 aliphatic heterocycles. The smallest absolute Gasteiger partial charge is 0.146 e. The minimum absolute atomic E-state index is 0.0281. The van der Waals surface area contributed by atoms with Crippen LogP contribution in [0.15, 0.2) is 42.9 Å². The van der Waals surface area contributed by atoms with Gasteiger partial charge in [-0.25, -0.2) is 4.98 Å². The fourth-order valence-electron chi connectivity index (χ4n) is 5.21. The van der Waals surface area contributed by atoms with Crippen LogP contribution in [0.4, 0.5) is 11.5 Å². The van der Waals surface area contributed by atoms with E-state index < -0.39 is 6.10 Å². The molecule has 1 aromatic carbocycles. The van der Waals surface area contributed by atoms with Crippen molar-refractivity contribution in [2.75, 3.05) is 50.0 Å². The molecule has 9 nitrogen and oxygen atoms in total. The van der Waals surface area contributed by atoms with Gasteiger partial charge in [-0.2, -0.15) is 5.26 Å². The Morgan fingerprint density at radius 1 is 1.18 bits per heavy atom. The lowest BCUT2D eigenvalue weighted by atomic mass is 9.89. The standard InChI is InChI=1S/C28H29Cl2N7O2/c1-17(25-22(29)13-34-14-23(25)30)39-20-3-4-24(32)21(10-20)26(33)19-9-18(11-31)27(35-12-19)36-15-28(2,16-36)37-5-7-38-8-6-37/h3-4,9-10,12-14,17,33H,5-8,15-16,32H2,1-2H3/t17-/m1/s1. The number of anilines is 2. The maximum absolute atomic E-state index is 9.91. The maximum atomic E-state index is 9.91. The van der Waals surface area contributed by atoms with Crippen molar-refractivity contribution >= 4 is 40.4 Å². The summed E-state index contributed by atoms with van der Waals surface area (Å²) >= 11 is 12.6. The third-order valence-corrected chi connectivity index (χ3v) is 7.92. The number of hydrogen-bond donors (Lipinski definition) is 2. The van der Waals surface area contributed by atoms with Crippen molar-refractivity contribution in [1.82, 2.24) is 14.9 Å². The Morgan fingerprint density at radius 2 is 1.87 bits per heavy atom. The number of pyridine rings is 2. The van der Waals surface area contributed by atoms with Gasteiger partial charge in [-0.1, -0.05) is 23.2 Å². The van der Waals surface area contributed by atoms with Gasteiger partial charge in [0.25, 0.3) is 0 Å². The summed E-state index contributed by atoms with van der Waals surface area (Å²) < 4.78 is 11.6. The fraction of sp³-hybridized carbons (Fsp3) is 0.357. The first-order chi connectivity index (χ1) is 18.7. The summed E-state index contributed by atoms with van der Waals surface area (Å²) in [5, 5.41) is 19.6. The molecule has 3 N–H and O–H groups in total. The Morgan fingerprint density at radius 3 is 2.54 bits per heavy atom. The molecule has 39 heavy (non-hydrogen) atoms. The number of nitrogen functional groups attached to an aromatic ring is 1. The minimum atomic E-state index is -0.468. The van der Waals surface area contributed by atoms with Gasteiger partial charge < -0.3 is 20.1 Å². The number of nitrogens with two attached hydrogens (primary N) is 1. The van der Waals surface area contributed by atoms with Crippen LogP contribution >= 0.6 is 23.2 Å². The summed E-state index contributed by atoms with van der Waals surface area (Å²) in [5.41, 5.74) is 8.82. The highest BCUT2D eigenvalue weighted by molar-refractivity contribution is 6.35. The average molecular weight is 566 g/mol. The number of ether oxygens (including phenoxy) is 2. The lowest BCUT2D eigenvalue weighted by Gasteiger charge is -2.55. The molecule has 1 atom stereocenters. The highest BCUT2D eigenvalue weighted by Crippen LogP contribution is 2.35. The van der Waals surface area contributed by atoms with E-state index in [1.165, 1.54) is 12.4 Å². The van der Waals surface area contributed by atoms with E-state index in [9.17, 15) is 5.26 Å². The molecule has 0 aliphatic carbocycles. The SMILES string of the molecule is C[C@@H](Oc1ccc(N)c(C(=N)c2cnc(N3CC(C)(N4CCOCC4)C3)c(C#N)c2)c1)c1c(Cl)cncc1Cl. The topological polar surface area (TPSA) is 124 Å². The summed E-state index contributed by atoms with van der Waals surface area (Å²) in [7, 11) is 0. The van der Waals surface area contributed by atoms with Crippen molar-refractivity contribution in [3.8, 4) is 11.8 Å². The van der Waals surface area contributed by atoms with E-state index in [0.29, 0.717) is 49.6 Å². The first-order valence-electron chi connectivity index (χ1n) is 12.6. The molecule has 0 spiro atoms. The van der Waals surface area contributed by atoms with Crippen molar-refractivity contribution in [2.24, 2.45) is 0 Å². The van der Waals surface area contributed by atoms with Crippen LogP contribution in [0.25, 0.3) is 0 Å². The van der Waals surface area contributed by atoms with Crippen molar-refractivity contribution in [3.05, 3.63) is 75.2 Å². The molecule has 2 aliphatic rings. The lowest BCUT2D eigenvalue weighted by Crippen LogP contribution is -2.70. The number of nitrogens with one attached hydrogen (secondary N) is 1. The third-order valence-electron chi connectivity index (χ3n) is 7.32. The van der Waals surface area contributed by atoms with Crippen LogP contribution < -0.4 is 15.4 Å². The van der Waals surface area contributed by atoms with Crippen LogP contribution in [0, 0.1) is 16.7 Å². The van der Waals surface area contributed by atoms with Crippen LogP contribution in [-0.4, -0.2) is 65.5 Å². The second-order valence-electron chi connectivity index (χ2n) is 10.1. The number of nitrogens with zero attached hydrogens (tertiary/aromatic N) is 5. The minimum Gasteiger partial charge on any atom is -0.486 e. The number of nitriles is 1. The van der Waals surface area contributed by atoms with Gasteiger partial charge in [0.2, 0.25) is 0 Å². The predicted molar refractivity (Wildman–Crippen MR) is 152 cm³/mol. The Kier molecular flexibility index (Phi) is 7.65. The Balaban J connectivity index is 1.34. The number of morpholine rings is 1. The molecule has 4 heterocycles. The van der Waals surface area contributed by atoms with E-state index in [0.717, 1.165) is 39.4 Å². The molecule has 2 aromatic heterocycles. The van der Waals surface area contributed by atoms with Gasteiger partial charge in [0.1, 0.15) is 23.7 Å². The molecule has 2 saturated heterocycles. The van der Waals surface area contributed by atoms with E-state index in [1.807, 2.05) is 6.92 Å². The summed E-state index contributed by atoms with van der Waals surface area (Å²) in [6.45, 7) is 8.93. The number of aromatic nitrogens is 2. The zero-order valence-electron chi connectivity index (χ0n) is 21.7. The summed E-state index contributed by atoms with van der Waals surface area (Å²) in [6, 6.07) is 9.06. The Bertz CT molecular complexity index is 1430. The van der Waals surface area contributed by atoms with E-state index in [4.69, 9.17) is 43.8 Å². The molecule has 0 radical (unpaired) electrons. The molecule has 0 amide bonds. The Hall–Kier alpha value is -3.42. The molecule has 11 heteroatoms. The fourth-order valence-corrected chi connectivity index (χ4v) is 5.88. The first kappa shape index (κ1) is 27.2. The molecule has 0 bridgehead atoms. The molecule has 202 valence electrons. The van der Waals surface area contributed by atoms with Crippen LogP contribution in [0.5, 0.6) is 5.75 Å². The third kappa shape index (κ3) is 5.38. The number of rotatable bonds is 7. The van der Waals surface area contributed by atoms with Crippen molar-refractivity contribution in [3.63, 3.8) is 0 Å². The van der Waals surface area contributed by atoms with E-state index >= 15 is 0 Å². The molecule has 2 fully saturated rings. The molecular weight excluding hydrogens is 537 g/mol. The summed E-state index contributed by atoms with van der Waals surface area (Å²) in [5.74, 6) is 1.12. The maximum Gasteiger partial charge on any atom is 0.146 e. The van der Waals surface area contributed by atoms with Gasteiger partial charge in [-0.05, 0) is 38.1 Å². The average Bonchev–Trinajstić information content (AvgIpc) is 2.92. The highest BCUT2D eigenvalue weighted by Gasteiger charge is 2.45. The van der Waals surface area contributed by atoms with Crippen LogP contribution in [-0.2, 0) is 4.74 Å². The number of benzene rings is 1. The van der Waals surface area contributed by atoms with Gasteiger partial charge in [-0.3, -0.25) is 15.3 Å².